The molecular weight excluding hydrogens is 284 g/mol. The molecular formula is C13H17F2N3OS. The summed E-state index contributed by atoms with van der Waals surface area (Å²) in [7, 11) is 1.50. The van der Waals surface area contributed by atoms with Gasteiger partial charge in [0, 0.05) is 19.2 Å². The molecule has 0 aliphatic carbocycles. The highest BCUT2D eigenvalue weighted by atomic mass is 32.1. The number of nitrogens with two attached hydrogens (primary N) is 1. The molecule has 0 aliphatic heterocycles. The van der Waals surface area contributed by atoms with Gasteiger partial charge < -0.3 is 16.0 Å². The highest BCUT2D eigenvalue weighted by molar-refractivity contribution is 7.80. The molecule has 0 saturated heterocycles. The molecule has 1 aromatic rings. The molecule has 3 N–H and O–H groups in total. The molecule has 1 rings (SSSR count). The van der Waals surface area contributed by atoms with E-state index in [2.05, 4.69) is 17.5 Å². The number of amides is 1. The Kier molecular flexibility index (Phi) is 5.82. The summed E-state index contributed by atoms with van der Waals surface area (Å²) in [6.45, 7) is 2.40. The fraction of sp³-hybridized carbons (Fsp3) is 0.385. The van der Waals surface area contributed by atoms with Crippen LogP contribution in [0.25, 0.3) is 0 Å². The Hall–Kier alpha value is -1.76. The third-order valence-electron chi connectivity index (χ3n) is 2.69. The van der Waals surface area contributed by atoms with Gasteiger partial charge in [0.1, 0.15) is 4.99 Å². The number of thiocarbonyl (C=S) groups is 1. The SMILES string of the molecule is CCCNC(=O)CN(C)c1ccc(C(N)=S)c(F)c1F. The number of anilines is 1. The lowest BCUT2D eigenvalue weighted by Crippen LogP contribution is -2.36. The summed E-state index contributed by atoms with van der Waals surface area (Å²) in [6.07, 6.45) is 0.807. The normalized spacial score (nSPS) is 10.2. The number of likely N-dealkylation sites (N-methyl/N-ethyl adjacent to an activating group) is 1. The zero-order valence-corrected chi connectivity index (χ0v) is 12.2. The first-order valence-corrected chi connectivity index (χ1v) is 6.55. The van der Waals surface area contributed by atoms with Crippen LogP contribution in [0.2, 0.25) is 0 Å². The average molecular weight is 301 g/mol. The quantitative estimate of drug-likeness (QED) is 0.783. The predicted octanol–water partition coefficient (Wildman–Crippen LogP) is 1.56. The second-order valence-electron chi connectivity index (χ2n) is 4.33. The lowest BCUT2D eigenvalue weighted by atomic mass is 10.1. The standard InChI is InChI=1S/C13H17F2N3OS/c1-3-6-17-10(19)7-18(2)9-5-4-8(13(16)20)11(14)12(9)15/h4-5H,3,6-7H2,1-2H3,(H2,16,20)(H,17,19). The summed E-state index contributed by atoms with van der Waals surface area (Å²) < 4.78 is 27.7. The van der Waals surface area contributed by atoms with E-state index in [1.54, 1.807) is 0 Å². The van der Waals surface area contributed by atoms with E-state index in [1.807, 2.05) is 6.92 Å². The van der Waals surface area contributed by atoms with Gasteiger partial charge in [-0.2, -0.15) is 0 Å². The first-order chi connectivity index (χ1) is 9.38. The van der Waals surface area contributed by atoms with Crippen LogP contribution in [0.15, 0.2) is 12.1 Å². The van der Waals surface area contributed by atoms with Crippen molar-refractivity contribution in [3.05, 3.63) is 29.3 Å². The van der Waals surface area contributed by atoms with Gasteiger partial charge in [0.25, 0.3) is 0 Å². The molecule has 110 valence electrons. The van der Waals surface area contributed by atoms with Gasteiger partial charge in [0.05, 0.1) is 12.2 Å². The monoisotopic (exact) mass is 301 g/mol. The van der Waals surface area contributed by atoms with Crippen molar-refractivity contribution in [1.29, 1.82) is 0 Å². The van der Waals surface area contributed by atoms with Gasteiger partial charge in [-0.25, -0.2) is 8.78 Å². The van der Waals surface area contributed by atoms with Crippen LogP contribution in [0, 0.1) is 11.6 Å². The minimum Gasteiger partial charge on any atom is -0.389 e. The molecule has 0 spiro atoms. The fourth-order valence-electron chi connectivity index (χ4n) is 1.65. The molecule has 0 aromatic heterocycles. The Morgan fingerprint density at radius 3 is 2.60 bits per heavy atom. The molecule has 0 atom stereocenters. The lowest BCUT2D eigenvalue weighted by Gasteiger charge is -2.20. The summed E-state index contributed by atoms with van der Waals surface area (Å²) in [4.78, 5) is 12.7. The molecule has 1 amide bonds. The summed E-state index contributed by atoms with van der Waals surface area (Å²) >= 11 is 4.63. The molecule has 1 aromatic carbocycles. The second-order valence-corrected chi connectivity index (χ2v) is 4.77. The molecule has 0 bridgehead atoms. The third-order valence-corrected chi connectivity index (χ3v) is 2.91. The van der Waals surface area contributed by atoms with Gasteiger partial charge in [0.15, 0.2) is 11.6 Å². The third kappa shape index (κ3) is 3.86. The van der Waals surface area contributed by atoms with Crippen molar-refractivity contribution in [2.45, 2.75) is 13.3 Å². The number of carbonyl (C=O) groups is 1. The van der Waals surface area contributed by atoms with E-state index in [-0.39, 0.29) is 28.7 Å². The topological polar surface area (TPSA) is 58.4 Å². The van der Waals surface area contributed by atoms with Crippen LogP contribution in [0.3, 0.4) is 0 Å². The maximum absolute atomic E-state index is 13.9. The molecule has 0 aliphatic rings. The number of carbonyl (C=O) groups excluding carboxylic acids is 1. The molecule has 0 unspecified atom stereocenters. The fourth-order valence-corrected chi connectivity index (χ4v) is 1.80. The Morgan fingerprint density at radius 2 is 2.05 bits per heavy atom. The first kappa shape index (κ1) is 16.3. The minimum absolute atomic E-state index is 0.0193. The molecule has 0 radical (unpaired) electrons. The van der Waals surface area contributed by atoms with Gasteiger partial charge in [0.2, 0.25) is 5.91 Å². The zero-order chi connectivity index (χ0) is 15.3. The van der Waals surface area contributed by atoms with Crippen LogP contribution >= 0.6 is 12.2 Å². The van der Waals surface area contributed by atoms with E-state index in [9.17, 15) is 13.6 Å². The number of rotatable bonds is 6. The van der Waals surface area contributed by atoms with Crippen molar-refractivity contribution in [2.24, 2.45) is 5.73 Å². The van der Waals surface area contributed by atoms with Crippen molar-refractivity contribution in [1.82, 2.24) is 5.32 Å². The predicted molar refractivity (Wildman–Crippen MR) is 78.8 cm³/mol. The lowest BCUT2D eigenvalue weighted by molar-refractivity contribution is -0.119. The van der Waals surface area contributed by atoms with Crippen molar-refractivity contribution >= 4 is 28.8 Å². The van der Waals surface area contributed by atoms with Gasteiger partial charge in [-0.15, -0.1) is 0 Å². The summed E-state index contributed by atoms with van der Waals surface area (Å²) in [5.74, 6) is -2.43. The minimum atomic E-state index is -1.10. The molecule has 0 heterocycles. The molecule has 4 nitrogen and oxygen atoms in total. The summed E-state index contributed by atoms with van der Waals surface area (Å²) in [5.41, 5.74) is 5.12. The highest BCUT2D eigenvalue weighted by Gasteiger charge is 2.18. The van der Waals surface area contributed by atoms with Crippen LogP contribution in [0.5, 0.6) is 0 Å². The Labute approximate surface area is 121 Å². The van der Waals surface area contributed by atoms with Gasteiger partial charge >= 0.3 is 0 Å². The average Bonchev–Trinajstić information content (AvgIpc) is 2.38. The van der Waals surface area contributed by atoms with E-state index < -0.39 is 11.6 Å². The number of benzene rings is 1. The molecule has 7 heteroatoms. The van der Waals surface area contributed by atoms with E-state index in [4.69, 9.17) is 5.73 Å². The largest absolute Gasteiger partial charge is 0.389 e. The highest BCUT2D eigenvalue weighted by Crippen LogP contribution is 2.23. The van der Waals surface area contributed by atoms with Gasteiger partial charge in [-0.05, 0) is 18.6 Å². The summed E-state index contributed by atoms with van der Waals surface area (Å²) in [5, 5.41) is 2.66. The number of nitrogens with zero attached hydrogens (tertiary/aromatic N) is 1. The zero-order valence-electron chi connectivity index (χ0n) is 11.4. The van der Waals surface area contributed by atoms with E-state index in [0.717, 1.165) is 6.42 Å². The summed E-state index contributed by atoms with van der Waals surface area (Å²) in [6, 6.07) is 2.65. The van der Waals surface area contributed by atoms with Gasteiger partial charge in [-0.1, -0.05) is 19.1 Å². The van der Waals surface area contributed by atoms with Gasteiger partial charge in [-0.3, -0.25) is 4.79 Å². The van der Waals surface area contributed by atoms with Crippen molar-refractivity contribution in [2.75, 3.05) is 25.0 Å². The van der Waals surface area contributed by atoms with Crippen LogP contribution in [0.4, 0.5) is 14.5 Å². The Balaban J connectivity index is 2.89. The van der Waals surface area contributed by atoms with Crippen molar-refractivity contribution in [3.8, 4) is 0 Å². The molecule has 20 heavy (non-hydrogen) atoms. The first-order valence-electron chi connectivity index (χ1n) is 6.14. The smallest absolute Gasteiger partial charge is 0.239 e. The van der Waals surface area contributed by atoms with E-state index in [0.29, 0.717) is 6.54 Å². The maximum atomic E-state index is 13.9. The van der Waals surface area contributed by atoms with E-state index >= 15 is 0 Å². The van der Waals surface area contributed by atoms with Crippen LogP contribution in [-0.2, 0) is 4.79 Å². The van der Waals surface area contributed by atoms with Crippen molar-refractivity contribution in [3.63, 3.8) is 0 Å². The molecule has 0 saturated carbocycles. The van der Waals surface area contributed by atoms with Crippen molar-refractivity contribution < 1.29 is 13.6 Å². The van der Waals surface area contributed by atoms with E-state index in [1.165, 1.54) is 24.1 Å². The number of nitrogens with one attached hydrogen (secondary N) is 1. The maximum Gasteiger partial charge on any atom is 0.239 e. The van der Waals surface area contributed by atoms with Crippen LogP contribution in [0.1, 0.15) is 18.9 Å². The van der Waals surface area contributed by atoms with Crippen LogP contribution < -0.4 is 16.0 Å². The van der Waals surface area contributed by atoms with Crippen LogP contribution in [-0.4, -0.2) is 31.0 Å². The second kappa shape index (κ2) is 7.14. The Morgan fingerprint density at radius 1 is 1.40 bits per heavy atom. The number of hydrogen-bond donors (Lipinski definition) is 2. The number of hydrogen-bond acceptors (Lipinski definition) is 3. The Bertz CT molecular complexity index is 523. The number of halogens is 2. The molecule has 0 fully saturated rings.